The second-order valence-corrected chi connectivity index (χ2v) is 6.60. The van der Waals surface area contributed by atoms with Crippen LogP contribution in [0.4, 0.5) is 5.69 Å². The zero-order chi connectivity index (χ0) is 20.3. The van der Waals surface area contributed by atoms with Crippen molar-refractivity contribution in [2.45, 2.75) is 19.9 Å². The molecule has 28 heavy (non-hydrogen) atoms. The van der Waals surface area contributed by atoms with Crippen LogP contribution in [0.2, 0.25) is 0 Å². The summed E-state index contributed by atoms with van der Waals surface area (Å²) >= 11 is 5.39. The van der Waals surface area contributed by atoms with Gasteiger partial charge in [0.1, 0.15) is 0 Å². The van der Waals surface area contributed by atoms with E-state index in [1.165, 1.54) is 6.26 Å². The minimum Gasteiger partial charge on any atom is -0.463 e. The van der Waals surface area contributed by atoms with E-state index in [0.717, 1.165) is 11.3 Å². The Morgan fingerprint density at radius 2 is 2.11 bits per heavy atom. The van der Waals surface area contributed by atoms with Gasteiger partial charge in [0.2, 0.25) is 0 Å². The normalized spacial score (nSPS) is 16.6. The Hall–Kier alpha value is -3.13. The molecular weight excluding hydrogens is 378 g/mol. The van der Waals surface area contributed by atoms with E-state index in [-0.39, 0.29) is 18.3 Å². The molecular formula is C20H21N3O4S. The molecule has 7 nitrogen and oxygen atoms in total. The van der Waals surface area contributed by atoms with Gasteiger partial charge in [-0.3, -0.25) is 4.79 Å². The van der Waals surface area contributed by atoms with Crippen LogP contribution in [0.3, 0.4) is 0 Å². The van der Waals surface area contributed by atoms with E-state index >= 15 is 0 Å². The van der Waals surface area contributed by atoms with Gasteiger partial charge in [-0.1, -0.05) is 12.1 Å². The van der Waals surface area contributed by atoms with Crippen molar-refractivity contribution in [3.8, 4) is 0 Å². The van der Waals surface area contributed by atoms with E-state index in [1.807, 2.05) is 13.0 Å². The van der Waals surface area contributed by atoms with E-state index < -0.39 is 12.0 Å². The Bertz CT molecular complexity index is 937. The fourth-order valence-corrected chi connectivity index (χ4v) is 3.21. The van der Waals surface area contributed by atoms with Crippen molar-refractivity contribution in [3.05, 3.63) is 65.3 Å². The van der Waals surface area contributed by atoms with Gasteiger partial charge in [-0.15, -0.1) is 0 Å². The number of ether oxygens (including phenoxy) is 1. The Balaban J connectivity index is 1.93. The number of carbonyl (C=O) groups is 2. The topological polar surface area (TPSA) is 83.8 Å². The molecule has 0 spiro atoms. The zero-order valence-corrected chi connectivity index (χ0v) is 16.6. The summed E-state index contributed by atoms with van der Waals surface area (Å²) in [5.74, 6) is -0.546. The van der Waals surface area contributed by atoms with Crippen molar-refractivity contribution in [3.63, 3.8) is 0 Å². The number of anilines is 1. The molecule has 0 saturated heterocycles. The number of hydrogen-bond donors (Lipinski definition) is 2. The van der Waals surface area contributed by atoms with E-state index in [4.69, 9.17) is 21.4 Å². The van der Waals surface area contributed by atoms with Crippen molar-refractivity contribution in [1.82, 2.24) is 10.2 Å². The van der Waals surface area contributed by atoms with Crippen molar-refractivity contribution in [2.24, 2.45) is 0 Å². The highest BCUT2D eigenvalue weighted by atomic mass is 32.1. The second kappa shape index (κ2) is 8.26. The molecule has 8 heteroatoms. The number of esters is 1. The quantitative estimate of drug-likeness (QED) is 0.590. The number of hydrogen-bond acceptors (Lipinski definition) is 5. The van der Waals surface area contributed by atoms with Crippen LogP contribution in [0.5, 0.6) is 0 Å². The molecule has 2 aromatic rings. The summed E-state index contributed by atoms with van der Waals surface area (Å²) in [6, 6.07) is 9.96. The third-order valence-electron chi connectivity index (χ3n) is 4.47. The molecule has 0 radical (unpaired) electrons. The molecule has 0 aliphatic carbocycles. The van der Waals surface area contributed by atoms with Crippen LogP contribution >= 0.6 is 12.2 Å². The molecule has 2 N–H and O–H groups in total. The summed E-state index contributed by atoms with van der Waals surface area (Å²) in [5.41, 5.74) is 2.55. The Morgan fingerprint density at radius 1 is 1.32 bits per heavy atom. The molecule has 1 aliphatic rings. The van der Waals surface area contributed by atoms with Crippen LogP contribution in [0.25, 0.3) is 0 Å². The number of nitrogens with one attached hydrogen (secondary N) is 2. The molecule has 0 fully saturated rings. The van der Waals surface area contributed by atoms with E-state index in [1.54, 1.807) is 49.2 Å². The number of thiocarbonyl (C=S) groups is 1. The smallest absolute Gasteiger partial charge is 0.338 e. The minimum atomic E-state index is -0.483. The minimum absolute atomic E-state index is 0.215. The van der Waals surface area contributed by atoms with Gasteiger partial charge in [-0.2, -0.15) is 0 Å². The first kappa shape index (κ1) is 19.6. The third kappa shape index (κ3) is 3.91. The van der Waals surface area contributed by atoms with Crippen molar-refractivity contribution in [1.29, 1.82) is 0 Å². The first-order valence-corrected chi connectivity index (χ1v) is 9.20. The van der Waals surface area contributed by atoms with E-state index in [9.17, 15) is 9.59 Å². The van der Waals surface area contributed by atoms with Crippen LogP contribution in [0, 0.1) is 0 Å². The summed E-state index contributed by atoms with van der Waals surface area (Å²) < 4.78 is 10.4. The average Bonchev–Trinajstić information content (AvgIpc) is 3.21. The Labute approximate surface area is 168 Å². The Kier molecular flexibility index (Phi) is 5.79. The number of amides is 1. The van der Waals surface area contributed by atoms with E-state index in [2.05, 4.69) is 10.6 Å². The fourth-order valence-electron chi connectivity index (χ4n) is 2.96. The SMILES string of the molecule is CCOC(=O)C1=C(C)N(C)C(=S)NC1c1cccc(NC(=O)c2ccco2)c1. The maximum absolute atomic E-state index is 12.6. The maximum atomic E-state index is 12.6. The fraction of sp³-hybridized carbons (Fsp3) is 0.250. The van der Waals surface area contributed by atoms with E-state index in [0.29, 0.717) is 16.4 Å². The van der Waals surface area contributed by atoms with Crippen LogP contribution in [-0.4, -0.2) is 35.5 Å². The summed E-state index contributed by atoms with van der Waals surface area (Å²) in [6.45, 7) is 3.86. The Morgan fingerprint density at radius 3 is 2.79 bits per heavy atom. The van der Waals surface area contributed by atoms with Crippen LogP contribution < -0.4 is 10.6 Å². The lowest BCUT2D eigenvalue weighted by Gasteiger charge is -2.35. The highest BCUT2D eigenvalue weighted by Crippen LogP contribution is 2.32. The summed E-state index contributed by atoms with van der Waals surface area (Å²) in [4.78, 5) is 26.6. The number of rotatable bonds is 5. The standard InChI is InChI=1S/C20H21N3O4S/c1-4-26-19(25)16-12(2)23(3)20(28)22-17(16)13-7-5-8-14(11-13)21-18(24)15-9-6-10-27-15/h5-11,17H,4H2,1-3H3,(H,21,24)(H,22,28). The van der Waals surface area contributed by atoms with Gasteiger partial charge in [0.15, 0.2) is 10.9 Å². The third-order valence-corrected chi connectivity index (χ3v) is 4.86. The average molecular weight is 399 g/mol. The zero-order valence-electron chi connectivity index (χ0n) is 15.8. The van der Waals surface area contributed by atoms with Gasteiger partial charge < -0.3 is 24.7 Å². The van der Waals surface area contributed by atoms with Gasteiger partial charge >= 0.3 is 5.97 Å². The molecule has 1 aromatic heterocycles. The highest BCUT2D eigenvalue weighted by Gasteiger charge is 2.33. The number of nitrogens with zero attached hydrogens (tertiary/aromatic N) is 1. The molecule has 3 rings (SSSR count). The monoisotopic (exact) mass is 399 g/mol. The van der Waals surface area contributed by atoms with Gasteiger partial charge in [0.25, 0.3) is 5.91 Å². The molecule has 0 saturated carbocycles. The highest BCUT2D eigenvalue weighted by molar-refractivity contribution is 7.80. The van der Waals surface area contributed by atoms with Gasteiger partial charge in [0, 0.05) is 18.4 Å². The molecule has 2 heterocycles. The predicted octanol–water partition coefficient (Wildman–Crippen LogP) is 3.23. The van der Waals surface area contributed by atoms with Crippen LogP contribution in [-0.2, 0) is 9.53 Å². The predicted molar refractivity (Wildman–Crippen MR) is 109 cm³/mol. The lowest BCUT2D eigenvalue weighted by molar-refractivity contribution is -0.139. The lowest BCUT2D eigenvalue weighted by Crippen LogP contribution is -2.46. The van der Waals surface area contributed by atoms with Crippen molar-refractivity contribution < 1.29 is 18.7 Å². The largest absolute Gasteiger partial charge is 0.463 e. The molecule has 146 valence electrons. The van der Waals surface area contributed by atoms with Gasteiger partial charge in [-0.05, 0) is 55.9 Å². The molecule has 0 bridgehead atoms. The number of carbonyl (C=O) groups excluding carboxylic acids is 2. The number of furan rings is 1. The molecule has 1 atom stereocenters. The lowest BCUT2D eigenvalue weighted by atomic mass is 9.95. The van der Waals surface area contributed by atoms with Crippen molar-refractivity contribution >= 4 is 34.9 Å². The maximum Gasteiger partial charge on any atom is 0.338 e. The van der Waals surface area contributed by atoms with Crippen LogP contribution in [0.15, 0.2) is 58.3 Å². The summed E-state index contributed by atoms with van der Waals surface area (Å²) in [6.07, 6.45) is 1.44. The summed E-state index contributed by atoms with van der Waals surface area (Å²) in [7, 11) is 1.79. The molecule has 1 amide bonds. The molecule has 1 aliphatic heterocycles. The summed E-state index contributed by atoms with van der Waals surface area (Å²) in [5, 5.41) is 6.47. The van der Waals surface area contributed by atoms with Gasteiger partial charge in [0.05, 0.1) is 24.5 Å². The number of allylic oxidation sites excluding steroid dienone is 1. The second-order valence-electron chi connectivity index (χ2n) is 6.22. The molecule has 1 unspecified atom stereocenters. The first-order valence-electron chi connectivity index (χ1n) is 8.79. The van der Waals surface area contributed by atoms with Crippen molar-refractivity contribution in [2.75, 3.05) is 19.0 Å². The number of benzene rings is 1. The van der Waals surface area contributed by atoms with Gasteiger partial charge in [-0.25, -0.2) is 4.79 Å². The van der Waals surface area contributed by atoms with Crippen LogP contribution in [0.1, 0.15) is 36.0 Å². The molecule has 1 aromatic carbocycles. The first-order chi connectivity index (χ1) is 13.4.